The summed E-state index contributed by atoms with van der Waals surface area (Å²) in [6, 6.07) is 14.8. The molecule has 0 spiro atoms. The van der Waals surface area contributed by atoms with E-state index in [0.717, 1.165) is 0 Å². The molecule has 2 rings (SSSR count). The fraction of sp³-hybridized carbons (Fsp3) is 0.133. The zero-order valence-electron chi connectivity index (χ0n) is 10.8. The first-order valence-corrected chi connectivity index (χ1v) is 8.38. The highest BCUT2D eigenvalue weighted by Gasteiger charge is 2.30. The maximum atomic E-state index is 12.8. The minimum absolute atomic E-state index is 0.0548. The number of sulfone groups is 1. The van der Waals surface area contributed by atoms with Crippen molar-refractivity contribution in [2.24, 2.45) is 0 Å². The Bertz CT molecular complexity index is 783. The summed E-state index contributed by atoms with van der Waals surface area (Å²) in [6.07, 6.45) is -0.158. The van der Waals surface area contributed by atoms with Crippen LogP contribution in [0, 0.1) is 11.3 Å². The lowest BCUT2D eigenvalue weighted by molar-refractivity contribution is 0.582. The molecule has 2 aromatic rings. The zero-order chi connectivity index (χ0) is 15.5. The third kappa shape index (κ3) is 3.38. The van der Waals surface area contributed by atoms with E-state index in [-0.39, 0.29) is 21.4 Å². The second-order valence-electron chi connectivity index (χ2n) is 4.38. The Hall–Kier alpha value is -1.54. The molecule has 1 atom stereocenters. The van der Waals surface area contributed by atoms with Crippen molar-refractivity contribution in [3.05, 3.63) is 64.1 Å². The van der Waals surface area contributed by atoms with E-state index in [1.54, 1.807) is 30.3 Å². The molecule has 1 unspecified atom stereocenters. The van der Waals surface area contributed by atoms with Crippen molar-refractivity contribution < 1.29 is 8.42 Å². The van der Waals surface area contributed by atoms with Crippen molar-refractivity contribution in [1.82, 2.24) is 0 Å². The van der Waals surface area contributed by atoms with Gasteiger partial charge in [0.25, 0.3) is 0 Å². The third-order valence-electron chi connectivity index (χ3n) is 3.02. The third-order valence-corrected chi connectivity index (χ3v) is 5.84. The monoisotopic (exact) mass is 339 g/mol. The van der Waals surface area contributed by atoms with Gasteiger partial charge in [-0.2, -0.15) is 5.26 Å². The second kappa shape index (κ2) is 6.48. The highest BCUT2D eigenvalue weighted by atomic mass is 35.5. The first-order chi connectivity index (χ1) is 9.96. The van der Waals surface area contributed by atoms with E-state index in [1.807, 2.05) is 6.07 Å². The maximum Gasteiger partial charge on any atom is 0.187 e. The van der Waals surface area contributed by atoms with Crippen LogP contribution in [0.15, 0.2) is 53.4 Å². The summed E-state index contributed by atoms with van der Waals surface area (Å²) in [6.45, 7) is 0. The molecule has 6 heteroatoms. The molecule has 0 aliphatic rings. The van der Waals surface area contributed by atoms with Crippen LogP contribution in [0.5, 0.6) is 0 Å². The minimum Gasteiger partial charge on any atom is -0.223 e. The van der Waals surface area contributed by atoms with E-state index in [2.05, 4.69) is 0 Å². The summed E-state index contributed by atoms with van der Waals surface area (Å²) < 4.78 is 25.6. The van der Waals surface area contributed by atoms with Crippen LogP contribution in [0.4, 0.5) is 0 Å². The van der Waals surface area contributed by atoms with Gasteiger partial charge in [-0.1, -0.05) is 53.5 Å². The van der Waals surface area contributed by atoms with Gasteiger partial charge >= 0.3 is 0 Å². The van der Waals surface area contributed by atoms with Crippen LogP contribution in [0.3, 0.4) is 0 Å². The predicted octanol–water partition coefficient (Wildman–Crippen LogP) is 4.42. The Kier molecular flexibility index (Phi) is 4.89. The number of rotatable bonds is 4. The zero-order valence-corrected chi connectivity index (χ0v) is 13.2. The van der Waals surface area contributed by atoms with Gasteiger partial charge in [-0.3, -0.25) is 0 Å². The van der Waals surface area contributed by atoms with Crippen LogP contribution >= 0.6 is 23.2 Å². The first-order valence-electron chi connectivity index (χ1n) is 6.07. The molecule has 3 nitrogen and oxygen atoms in total. The molecule has 0 fully saturated rings. The van der Waals surface area contributed by atoms with Gasteiger partial charge in [0.05, 0.1) is 22.4 Å². The number of halogens is 2. The number of nitriles is 1. The maximum absolute atomic E-state index is 12.8. The summed E-state index contributed by atoms with van der Waals surface area (Å²) in [7, 11) is -3.81. The molecule has 21 heavy (non-hydrogen) atoms. The Balaban J connectivity index is 2.59. The van der Waals surface area contributed by atoms with Gasteiger partial charge in [0.15, 0.2) is 9.84 Å². The van der Waals surface area contributed by atoms with Crippen LogP contribution in [0.2, 0.25) is 10.0 Å². The average Bonchev–Trinajstić information content (AvgIpc) is 2.48. The van der Waals surface area contributed by atoms with Crippen molar-refractivity contribution in [2.45, 2.75) is 16.6 Å². The summed E-state index contributed by atoms with van der Waals surface area (Å²) in [5.41, 5.74) is 0.551. The Morgan fingerprint density at radius 3 is 2.38 bits per heavy atom. The Labute approximate surface area is 133 Å². The van der Waals surface area contributed by atoms with Gasteiger partial charge in [0.1, 0.15) is 5.25 Å². The van der Waals surface area contributed by atoms with E-state index in [4.69, 9.17) is 28.5 Å². The van der Waals surface area contributed by atoms with Crippen molar-refractivity contribution in [2.75, 3.05) is 0 Å². The van der Waals surface area contributed by atoms with Crippen LogP contribution in [-0.4, -0.2) is 8.42 Å². The molecule has 0 bridgehead atoms. The lowest BCUT2D eigenvalue weighted by Crippen LogP contribution is -2.14. The van der Waals surface area contributed by atoms with Crippen molar-refractivity contribution in [1.29, 1.82) is 5.26 Å². The molecule has 108 valence electrons. The van der Waals surface area contributed by atoms with Gasteiger partial charge in [-0.05, 0) is 23.8 Å². The van der Waals surface area contributed by atoms with Crippen molar-refractivity contribution in [3.63, 3.8) is 0 Å². The topological polar surface area (TPSA) is 57.9 Å². The number of nitrogens with zero attached hydrogens (tertiary/aromatic N) is 1. The fourth-order valence-corrected chi connectivity index (χ4v) is 4.43. The van der Waals surface area contributed by atoms with Gasteiger partial charge < -0.3 is 0 Å². The molecule has 0 aromatic heterocycles. The Morgan fingerprint density at radius 1 is 1.10 bits per heavy atom. The van der Waals surface area contributed by atoms with Crippen molar-refractivity contribution in [3.8, 4) is 6.07 Å². The molecule has 0 saturated heterocycles. The van der Waals surface area contributed by atoms with Gasteiger partial charge in [-0.15, -0.1) is 0 Å². The van der Waals surface area contributed by atoms with Crippen LogP contribution in [0.1, 0.15) is 17.2 Å². The summed E-state index contributed by atoms with van der Waals surface area (Å²) in [4.78, 5) is -0.0548. The second-order valence-corrected chi connectivity index (χ2v) is 7.32. The SMILES string of the molecule is N#CCC(c1ccccc1)S(=O)(=O)c1cc(Cl)ccc1Cl. The standard InChI is InChI=1S/C15H11Cl2NO2S/c16-12-6-7-13(17)15(10-12)21(19,20)14(8-9-18)11-4-2-1-3-5-11/h1-7,10,14H,8H2. The quantitative estimate of drug-likeness (QED) is 0.828. The van der Waals surface area contributed by atoms with E-state index >= 15 is 0 Å². The smallest absolute Gasteiger partial charge is 0.187 e. The minimum atomic E-state index is -3.81. The van der Waals surface area contributed by atoms with E-state index < -0.39 is 15.1 Å². The summed E-state index contributed by atoms with van der Waals surface area (Å²) in [5, 5.41) is 8.36. The van der Waals surface area contributed by atoms with E-state index in [1.165, 1.54) is 18.2 Å². The first kappa shape index (κ1) is 15.8. The van der Waals surface area contributed by atoms with Crippen LogP contribution in [0.25, 0.3) is 0 Å². The normalized spacial score (nSPS) is 12.6. The molecular formula is C15H11Cl2NO2S. The molecule has 2 aromatic carbocycles. The highest BCUT2D eigenvalue weighted by molar-refractivity contribution is 7.91. The van der Waals surface area contributed by atoms with Crippen LogP contribution in [-0.2, 0) is 9.84 Å². The van der Waals surface area contributed by atoms with Gasteiger partial charge in [0, 0.05) is 5.02 Å². The largest absolute Gasteiger partial charge is 0.223 e. The number of hydrogen-bond acceptors (Lipinski definition) is 3. The molecule has 0 radical (unpaired) electrons. The van der Waals surface area contributed by atoms with Gasteiger partial charge in [-0.25, -0.2) is 8.42 Å². The molecule has 0 aliphatic heterocycles. The number of benzene rings is 2. The molecule has 0 heterocycles. The summed E-state index contributed by atoms with van der Waals surface area (Å²) in [5.74, 6) is 0. The lowest BCUT2D eigenvalue weighted by atomic mass is 10.1. The van der Waals surface area contributed by atoms with Crippen LogP contribution < -0.4 is 0 Å². The van der Waals surface area contributed by atoms with Gasteiger partial charge in [0.2, 0.25) is 0 Å². The number of hydrogen-bond donors (Lipinski definition) is 0. The van der Waals surface area contributed by atoms with E-state index in [0.29, 0.717) is 5.56 Å². The highest BCUT2D eigenvalue weighted by Crippen LogP contribution is 2.36. The Morgan fingerprint density at radius 2 is 1.76 bits per heavy atom. The molecule has 0 N–H and O–H groups in total. The molecule has 0 saturated carbocycles. The van der Waals surface area contributed by atoms with Crippen molar-refractivity contribution >= 4 is 33.0 Å². The summed E-state index contributed by atoms with van der Waals surface area (Å²) >= 11 is 11.9. The molecular weight excluding hydrogens is 329 g/mol. The molecule has 0 amide bonds. The average molecular weight is 340 g/mol. The fourth-order valence-electron chi connectivity index (χ4n) is 2.01. The predicted molar refractivity (Wildman–Crippen MR) is 83.1 cm³/mol. The van der Waals surface area contributed by atoms with E-state index in [9.17, 15) is 8.42 Å². The molecule has 0 aliphatic carbocycles. The lowest BCUT2D eigenvalue weighted by Gasteiger charge is -2.16.